The molecule has 0 aliphatic rings. The van der Waals surface area contributed by atoms with E-state index in [4.69, 9.17) is 15.2 Å². The lowest BCUT2D eigenvalue weighted by molar-refractivity contribution is 0.0789. The Morgan fingerprint density at radius 3 is 2.53 bits per heavy atom. The van der Waals surface area contributed by atoms with Crippen molar-refractivity contribution >= 4 is 21.9 Å². The number of rotatable bonds is 4. The van der Waals surface area contributed by atoms with Gasteiger partial charge in [0.1, 0.15) is 4.47 Å². The first kappa shape index (κ1) is 11.9. The summed E-state index contributed by atoms with van der Waals surface area (Å²) in [7, 11) is 1.36. The predicted molar refractivity (Wildman–Crippen MR) is 52.2 cm³/mol. The Bertz CT molecular complexity index is 351. The zero-order valence-corrected chi connectivity index (χ0v) is 9.29. The zero-order chi connectivity index (χ0) is 11.4. The van der Waals surface area contributed by atoms with Crippen molar-refractivity contribution in [1.82, 2.24) is 9.97 Å². The van der Waals surface area contributed by atoms with E-state index in [1.165, 1.54) is 7.11 Å². The number of aromatic nitrogens is 2. The van der Waals surface area contributed by atoms with E-state index in [0.29, 0.717) is 0 Å². The molecule has 0 atom stereocenters. The quantitative estimate of drug-likeness (QED) is 0.906. The molecule has 0 saturated heterocycles. The van der Waals surface area contributed by atoms with Gasteiger partial charge >= 0.3 is 0 Å². The van der Waals surface area contributed by atoms with Gasteiger partial charge in [0.25, 0.3) is 6.43 Å². The Morgan fingerprint density at radius 1 is 1.40 bits per heavy atom. The van der Waals surface area contributed by atoms with Crippen LogP contribution in [-0.4, -0.2) is 30.1 Å². The summed E-state index contributed by atoms with van der Waals surface area (Å²) in [6.07, 6.45) is -2.58. The summed E-state index contributed by atoms with van der Waals surface area (Å²) in [4.78, 5) is 7.35. The van der Waals surface area contributed by atoms with Gasteiger partial charge in [0.15, 0.2) is 6.61 Å². The van der Waals surface area contributed by atoms with Crippen LogP contribution < -0.4 is 15.2 Å². The van der Waals surface area contributed by atoms with Gasteiger partial charge in [-0.2, -0.15) is 9.97 Å². The van der Waals surface area contributed by atoms with E-state index in [1.807, 2.05) is 0 Å². The Balaban J connectivity index is 2.91. The maximum absolute atomic E-state index is 11.9. The molecule has 0 spiro atoms. The largest absolute Gasteiger partial charge is 0.480 e. The van der Waals surface area contributed by atoms with Crippen molar-refractivity contribution in [2.45, 2.75) is 6.43 Å². The highest BCUT2D eigenvalue weighted by molar-refractivity contribution is 9.10. The molecular weight excluding hydrogens is 276 g/mol. The molecule has 0 saturated carbocycles. The molecule has 1 aromatic rings. The van der Waals surface area contributed by atoms with Crippen LogP contribution in [0.5, 0.6) is 11.8 Å². The van der Waals surface area contributed by atoms with Gasteiger partial charge in [0, 0.05) is 0 Å². The smallest absolute Gasteiger partial charge is 0.272 e. The number of nitrogens with two attached hydrogens (primary N) is 1. The van der Waals surface area contributed by atoms with Crippen LogP contribution in [0.15, 0.2) is 4.47 Å². The van der Waals surface area contributed by atoms with E-state index in [1.54, 1.807) is 0 Å². The first-order chi connectivity index (χ1) is 7.04. The maximum atomic E-state index is 11.9. The second kappa shape index (κ2) is 5.06. The Morgan fingerprint density at radius 2 is 2.00 bits per heavy atom. The third kappa shape index (κ3) is 3.15. The maximum Gasteiger partial charge on any atom is 0.272 e. The predicted octanol–water partition coefficient (Wildman–Crippen LogP) is 1.47. The van der Waals surface area contributed by atoms with Crippen molar-refractivity contribution in [3.63, 3.8) is 0 Å². The molecule has 0 aliphatic carbocycles. The van der Waals surface area contributed by atoms with E-state index in [-0.39, 0.29) is 22.2 Å². The van der Waals surface area contributed by atoms with E-state index in [0.717, 1.165) is 0 Å². The Labute approximate surface area is 92.7 Å². The number of anilines is 1. The first-order valence-electron chi connectivity index (χ1n) is 3.82. The molecule has 15 heavy (non-hydrogen) atoms. The number of halogens is 3. The second-order valence-electron chi connectivity index (χ2n) is 2.41. The van der Waals surface area contributed by atoms with Crippen molar-refractivity contribution in [1.29, 1.82) is 0 Å². The van der Waals surface area contributed by atoms with Crippen molar-refractivity contribution in [3.05, 3.63) is 4.47 Å². The molecular formula is C7H8BrF2N3O2. The summed E-state index contributed by atoms with van der Waals surface area (Å²) < 4.78 is 33.6. The lowest BCUT2D eigenvalue weighted by atomic mass is 10.6. The Hall–Kier alpha value is -1.18. The summed E-state index contributed by atoms with van der Waals surface area (Å²) in [6.45, 7) is -0.766. The molecule has 0 unspecified atom stereocenters. The van der Waals surface area contributed by atoms with Gasteiger partial charge in [-0.3, -0.25) is 0 Å². The van der Waals surface area contributed by atoms with Gasteiger partial charge in [0.2, 0.25) is 17.7 Å². The van der Waals surface area contributed by atoms with Crippen LogP contribution in [-0.2, 0) is 0 Å². The van der Waals surface area contributed by atoms with Gasteiger partial charge in [0.05, 0.1) is 7.11 Å². The van der Waals surface area contributed by atoms with Crippen LogP contribution in [0, 0.1) is 0 Å². The molecule has 0 bridgehead atoms. The van der Waals surface area contributed by atoms with Gasteiger partial charge in [-0.05, 0) is 15.9 Å². The normalized spacial score (nSPS) is 10.5. The van der Waals surface area contributed by atoms with Crippen LogP contribution in [0.1, 0.15) is 0 Å². The average molecular weight is 284 g/mol. The highest BCUT2D eigenvalue weighted by Crippen LogP contribution is 2.31. The fourth-order valence-electron chi connectivity index (χ4n) is 0.796. The van der Waals surface area contributed by atoms with Crippen molar-refractivity contribution in [2.24, 2.45) is 0 Å². The summed E-state index contributed by atoms with van der Waals surface area (Å²) >= 11 is 3.05. The Kier molecular flexibility index (Phi) is 4.01. The second-order valence-corrected chi connectivity index (χ2v) is 3.21. The molecule has 1 aromatic heterocycles. The van der Waals surface area contributed by atoms with Crippen LogP contribution in [0.25, 0.3) is 0 Å². The number of nitrogen functional groups attached to an aromatic ring is 1. The minimum atomic E-state index is -2.58. The number of methoxy groups -OCH3 is 1. The lowest BCUT2D eigenvalue weighted by Crippen LogP contribution is -2.10. The minimum Gasteiger partial charge on any atom is -0.480 e. The molecule has 0 aliphatic heterocycles. The van der Waals surface area contributed by atoms with Crippen LogP contribution in [0.3, 0.4) is 0 Å². The summed E-state index contributed by atoms with van der Waals surface area (Å²) in [5.74, 6) is -0.0502. The van der Waals surface area contributed by atoms with E-state index < -0.39 is 13.0 Å². The molecule has 8 heteroatoms. The number of alkyl halides is 2. The summed E-state index contributed by atoms with van der Waals surface area (Å²) in [5, 5.41) is 0. The topological polar surface area (TPSA) is 70.3 Å². The van der Waals surface area contributed by atoms with Crippen LogP contribution in [0.2, 0.25) is 0 Å². The molecule has 1 rings (SSSR count). The number of hydrogen-bond acceptors (Lipinski definition) is 5. The van der Waals surface area contributed by atoms with Crippen molar-refractivity contribution < 1.29 is 18.3 Å². The molecule has 0 aromatic carbocycles. The lowest BCUT2D eigenvalue weighted by Gasteiger charge is -2.09. The highest BCUT2D eigenvalue weighted by atomic mass is 79.9. The van der Waals surface area contributed by atoms with Crippen molar-refractivity contribution in [2.75, 3.05) is 19.5 Å². The van der Waals surface area contributed by atoms with Crippen LogP contribution >= 0.6 is 15.9 Å². The van der Waals surface area contributed by atoms with E-state index in [2.05, 4.69) is 25.9 Å². The van der Waals surface area contributed by atoms with Crippen LogP contribution in [0.4, 0.5) is 14.7 Å². The third-order valence-corrected chi connectivity index (χ3v) is 2.03. The average Bonchev–Trinajstić information content (AvgIpc) is 2.18. The monoisotopic (exact) mass is 283 g/mol. The standard InChI is InChI=1S/C7H8BrF2N3O2/c1-14-5-4(8)6(13-7(11)12-5)15-2-3(9)10/h3H,2H2,1H3,(H2,11,12,13). The SMILES string of the molecule is COc1nc(N)nc(OCC(F)F)c1Br. The molecule has 84 valence electrons. The number of hydrogen-bond donors (Lipinski definition) is 1. The number of ether oxygens (including phenoxy) is 2. The van der Waals surface area contributed by atoms with Gasteiger partial charge in [-0.25, -0.2) is 8.78 Å². The van der Waals surface area contributed by atoms with Gasteiger partial charge in [-0.15, -0.1) is 0 Å². The highest BCUT2D eigenvalue weighted by Gasteiger charge is 2.14. The summed E-state index contributed by atoms with van der Waals surface area (Å²) in [6, 6.07) is 0. The van der Waals surface area contributed by atoms with E-state index >= 15 is 0 Å². The minimum absolute atomic E-state index is 0.0698. The summed E-state index contributed by atoms with van der Waals surface area (Å²) in [5.41, 5.74) is 5.32. The van der Waals surface area contributed by atoms with E-state index in [9.17, 15) is 8.78 Å². The number of nitrogens with zero attached hydrogens (tertiary/aromatic N) is 2. The molecule has 1 heterocycles. The molecule has 0 radical (unpaired) electrons. The molecule has 5 nitrogen and oxygen atoms in total. The van der Waals surface area contributed by atoms with Gasteiger partial charge in [-0.1, -0.05) is 0 Å². The molecule has 0 amide bonds. The molecule has 0 fully saturated rings. The van der Waals surface area contributed by atoms with Gasteiger partial charge < -0.3 is 15.2 Å². The fraction of sp³-hybridized carbons (Fsp3) is 0.429. The van der Waals surface area contributed by atoms with Crippen molar-refractivity contribution in [3.8, 4) is 11.8 Å². The first-order valence-corrected chi connectivity index (χ1v) is 4.61. The third-order valence-electron chi connectivity index (χ3n) is 1.35. The fourth-order valence-corrected chi connectivity index (χ4v) is 1.25. The molecule has 2 N–H and O–H groups in total. The zero-order valence-electron chi connectivity index (χ0n) is 7.71.